The molecule has 1 unspecified atom stereocenters. The maximum Gasteiger partial charge on any atom is 0.410 e. The molecular formula is C15H27NO4. The predicted molar refractivity (Wildman–Crippen MR) is 76.6 cm³/mol. The molecule has 0 aromatic heterocycles. The Balaban J connectivity index is 2.72. The highest BCUT2D eigenvalue weighted by molar-refractivity contribution is 5.84. The normalized spacial score (nSPS) is 20.7. The number of rotatable bonds is 2. The van der Waals surface area contributed by atoms with E-state index < -0.39 is 11.0 Å². The highest BCUT2D eigenvalue weighted by Crippen LogP contribution is 2.22. The molecule has 1 fully saturated rings. The summed E-state index contributed by atoms with van der Waals surface area (Å²) >= 11 is 0. The van der Waals surface area contributed by atoms with Gasteiger partial charge in [0.1, 0.15) is 11.4 Å². The van der Waals surface area contributed by atoms with Crippen molar-refractivity contribution in [1.82, 2.24) is 4.90 Å². The Hall–Kier alpha value is -1.10. The summed E-state index contributed by atoms with van der Waals surface area (Å²) in [7, 11) is 0. The first kappa shape index (κ1) is 17.0. The fourth-order valence-electron chi connectivity index (χ4n) is 1.91. The van der Waals surface area contributed by atoms with Gasteiger partial charge in [-0.05, 0) is 20.8 Å². The van der Waals surface area contributed by atoms with Gasteiger partial charge in [0.05, 0.1) is 19.3 Å². The van der Waals surface area contributed by atoms with Gasteiger partial charge in [0.25, 0.3) is 0 Å². The lowest BCUT2D eigenvalue weighted by molar-refractivity contribution is -0.129. The van der Waals surface area contributed by atoms with Gasteiger partial charge in [0.2, 0.25) is 0 Å². The molecule has 1 saturated heterocycles. The van der Waals surface area contributed by atoms with Gasteiger partial charge >= 0.3 is 6.09 Å². The molecule has 1 atom stereocenters. The van der Waals surface area contributed by atoms with Crippen LogP contribution in [0.1, 0.15) is 48.0 Å². The number of Topliss-reactive ketones (excluding diaryl/α,β-unsaturated/α-hetero) is 1. The van der Waals surface area contributed by atoms with Crippen LogP contribution < -0.4 is 0 Å². The Morgan fingerprint density at radius 1 is 1.20 bits per heavy atom. The molecular weight excluding hydrogens is 258 g/mol. The molecule has 0 aliphatic carbocycles. The van der Waals surface area contributed by atoms with E-state index in [1.54, 1.807) is 4.90 Å². The molecule has 0 bridgehead atoms. The van der Waals surface area contributed by atoms with Crippen molar-refractivity contribution in [2.45, 2.75) is 59.6 Å². The predicted octanol–water partition coefficient (Wildman–Crippen LogP) is 2.63. The molecule has 0 N–H and O–H groups in total. The lowest BCUT2D eigenvalue weighted by Crippen LogP contribution is -2.51. The summed E-state index contributed by atoms with van der Waals surface area (Å²) in [6.45, 7) is 12.5. The van der Waals surface area contributed by atoms with Crippen LogP contribution in [-0.2, 0) is 14.3 Å². The van der Waals surface area contributed by atoms with Gasteiger partial charge in [-0.15, -0.1) is 0 Å². The van der Waals surface area contributed by atoms with Crippen LogP contribution in [0.3, 0.4) is 0 Å². The zero-order valence-corrected chi connectivity index (χ0v) is 13.5. The molecule has 0 aromatic rings. The van der Waals surface area contributed by atoms with Gasteiger partial charge in [0, 0.05) is 18.4 Å². The largest absolute Gasteiger partial charge is 0.444 e. The van der Waals surface area contributed by atoms with Crippen molar-refractivity contribution in [3.8, 4) is 0 Å². The molecule has 1 aliphatic rings. The average Bonchev–Trinajstić information content (AvgIpc) is 2.25. The van der Waals surface area contributed by atoms with Crippen LogP contribution in [-0.4, -0.2) is 48.2 Å². The van der Waals surface area contributed by atoms with Gasteiger partial charge in [-0.3, -0.25) is 4.79 Å². The third kappa shape index (κ3) is 5.12. The standard InChI is InChI=1S/C15H27NO4/c1-14(2,3)12(17)9-11-10-19-8-7-16(11)13(18)20-15(4,5)6/h11H,7-10H2,1-6H3. The van der Waals surface area contributed by atoms with E-state index in [9.17, 15) is 9.59 Å². The molecule has 1 aliphatic heterocycles. The highest BCUT2D eigenvalue weighted by atomic mass is 16.6. The molecule has 0 spiro atoms. The van der Waals surface area contributed by atoms with Crippen LogP contribution >= 0.6 is 0 Å². The minimum Gasteiger partial charge on any atom is -0.444 e. The van der Waals surface area contributed by atoms with Crippen LogP contribution in [0, 0.1) is 5.41 Å². The second-order valence-electron chi connectivity index (χ2n) is 7.28. The van der Waals surface area contributed by atoms with E-state index in [4.69, 9.17) is 9.47 Å². The summed E-state index contributed by atoms with van der Waals surface area (Å²) in [5.74, 6) is 0.126. The highest BCUT2D eigenvalue weighted by Gasteiger charge is 2.34. The number of carbonyl (C=O) groups is 2. The second-order valence-corrected chi connectivity index (χ2v) is 7.28. The van der Waals surface area contributed by atoms with Crippen LogP contribution in [0.25, 0.3) is 0 Å². The summed E-state index contributed by atoms with van der Waals surface area (Å²) in [5.41, 5.74) is -0.939. The Morgan fingerprint density at radius 2 is 1.80 bits per heavy atom. The van der Waals surface area contributed by atoms with E-state index in [1.807, 2.05) is 41.5 Å². The topological polar surface area (TPSA) is 55.8 Å². The molecule has 5 heteroatoms. The number of nitrogens with zero attached hydrogens (tertiary/aromatic N) is 1. The minimum absolute atomic E-state index is 0.126. The number of morpholine rings is 1. The van der Waals surface area contributed by atoms with E-state index in [0.29, 0.717) is 26.2 Å². The van der Waals surface area contributed by atoms with Crippen LogP contribution in [0.2, 0.25) is 0 Å². The Morgan fingerprint density at radius 3 is 2.30 bits per heavy atom. The van der Waals surface area contributed by atoms with Gasteiger partial charge in [-0.1, -0.05) is 20.8 Å². The van der Waals surface area contributed by atoms with Crippen molar-refractivity contribution in [3.05, 3.63) is 0 Å². The summed E-state index contributed by atoms with van der Waals surface area (Å²) in [4.78, 5) is 26.0. The second kappa shape index (κ2) is 6.12. The summed E-state index contributed by atoms with van der Waals surface area (Å²) < 4.78 is 10.8. The lowest BCUT2D eigenvalue weighted by atomic mass is 9.87. The minimum atomic E-state index is -0.534. The van der Waals surface area contributed by atoms with E-state index in [0.717, 1.165) is 0 Å². The molecule has 5 nitrogen and oxygen atoms in total. The number of carbonyl (C=O) groups excluding carboxylic acids is 2. The summed E-state index contributed by atoms with van der Waals surface area (Å²) in [5, 5.41) is 0. The maximum absolute atomic E-state index is 12.2. The SMILES string of the molecule is CC(C)(C)OC(=O)N1CCOCC1CC(=O)C(C)(C)C. The van der Waals surface area contributed by atoms with Crippen LogP contribution in [0.15, 0.2) is 0 Å². The van der Waals surface area contributed by atoms with E-state index >= 15 is 0 Å². The monoisotopic (exact) mass is 285 g/mol. The molecule has 0 aromatic carbocycles. The maximum atomic E-state index is 12.2. The van der Waals surface area contributed by atoms with Crippen molar-refractivity contribution >= 4 is 11.9 Å². The molecule has 1 amide bonds. The number of hydrogen-bond acceptors (Lipinski definition) is 4. The van der Waals surface area contributed by atoms with Crippen molar-refractivity contribution in [2.24, 2.45) is 5.41 Å². The smallest absolute Gasteiger partial charge is 0.410 e. The van der Waals surface area contributed by atoms with Crippen molar-refractivity contribution < 1.29 is 19.1 Å². The molecule has 1 rings (SSSR count). The fraction of sp³-hybridized carbons (Fsp3) is 0.867. The first-order chi connectivity index (χ1) is 9.00. The van der Waals surface area contributed by atoms with Crippen molar-refractivity contribution in [1.29, 1.82) is 0 Å². The van der Waals surface area contributed by atoms with Crippen molar-refractivity contribution in [3.63, 3.8) is 0 Å². The Kier molecular flexibility index (Phi) is 5.19. The quantitative estimate of drug-likeness (QED) is 0.782. The van der Waals surface area contributed by atoms with E-state index in [1.165, 1.54) is 0 Å². The van der Waals surface area contributed by atoms with Gasteiger partial charge in [-0.25, -0.2) is 4.79 Å². The molecule has 0 saturated carbocycles. The number of ether oxygens (including phenoxy) is 2. The van der Waals surface area contributed by atoms with Gasteiger partial charge in [-0.2, -0.15) is 0 Å². The number of hydrogen-bond donors (Lipinski definition) is 0. The molecule has 1 heterocycles. The third-order valence-corrected chi connectivity index (χ3v) is 3.11. The molecule has 20 heavy (non-hydrogen) atoms. The van der Waals surface area contributed by atoms with Crippen LogP contribution in [0.4, 0.5) is 4.79 Å². The van der Waals surface area contributed by atoms with Crippen LogP contribution in [0.5, 0.6) is 0 Å². The Bertz CT molecular complexity index is 365. The van der Waals surface area contributed by atoms with Gasteiger partial charge in [0.15, 0.2) is 0 Å². The molecule has 0 radical (unpaired) electrons. The molecule has 116 valence electrons. The van der Waals surface area contributed by atoms with E-state index in [2.05, 4.69) is 0 Å². The lowest BCUT2D eigenvalue weighted by Gasteiger charge is -2.37. The first-order valence-electron chi connectivity index (χ1n) is 7.11. The van der Waals surface area contributed by atoms with Crippen molar-refractivity contribution in [2.75, 3.05) is 19.8 Å². The summed E-state index contributed by atoms with van der Waals surface area (Å²) in [6, 6.07) is -0.231. The number of amides is 1. The summed E-state index contributed by atoms with van der Waals surface area (Å²) in [6.07, 6.45) is -0.0598. The van der Waals surface area contributed by atoms with E-state index in [-0.39, 0.29) is 17.9 Å². The third-order valence-electron chi connectivity index (χ3n) is 3.11. The average molecular weight is 285 g/mol. The first-order valence-corrected chi connectivity index (χ1v) is 7.11. The van der Waals surface area contributed by atoms with Gasteiger partial charge < -0.3 is 14.4 Å². The number of ketones is 1. The zero-order valence-electron chi connectivity index (χ0n) is 13.5. The Labute approximate surface area is 121 Å². The zero-order chi connectivity index (χ0) is 15.6. The fourth-order valence-corrected chi connectivity index (χ4v) is 1.91.